The van der Waals surface area contributed by atoms with E-state index < -0.39 is 6.08 Å². The first kappa shape index (κ1) is 14.8. The number of nitrogens with one attached hydrogen (secondary N) is 1. The number of benzene rings is 1. The van der Waals surface area contributed by atoms with Crippen molar-refractivity contribution in [3.8, 4) is 5.75 Å². The Labute approximate surface area is 137 Å². The SMILES string of the molecule is COc1cccc(CNc2nc(F)nc3c2ncn3C2CCO2)c1. The molecule has 8 heteroatoms. The van der Waals surface area contributed by atoms with Gasteiger partial charge >= 0.3 is 6.08 Å². The molecule has 0 radical (unpaired) electrons. The maximum Gasteiger partial charge on any atom is 0.312 e. The normalized spacial score (nSPS) is 16.8. The van der Waals surface area contributed by atoms with E-state index in [4.69, 9.17) is 9.47 Å². The minimum absolute atomic E-state index is 0.129. The molecule has 2 aromatic heterocycles. The zero-order valence-corrected chi connectivity index (χ0v) is 13.1. The van der Waals surface area contributed by atoms with E-state index in [0.717, 1.165) is 17.7 Å². The standard InChI is InChI=1S/C16H16FN5O2/c1-23-11-4-2-3-10(7-11)8-18-14-13-15(21-16(17)20-14)22(9-19-13)12-5-6-24-12/h2-4,7,9,12H,5-6,8H2,1H3,(H,18,20,21). The molecule has 1 N–H and O–H groups in total. The zero-order chi connectivity index (χ0) is 16.5. The smallest absolute Gasteiger partial charge is 0.312 e. The number of fused-ring (bicyclic) bond motifs is 1. The van der Waals surface area contributed by atoms with Crippen molar-refractivity contribution in [2.75, 3.05) is 19.0 Å². The van der Waals surface area contributed by atoms with Crippen molar-refractivity contribution >= 4 is 17.0 Å². The summed E-state index contributed by atoms with van der Waals surface area (Å²) in [6, 6.07) is 7.62. The molecule has 1 aromatic carbocycles. The number of rotatable bonds is 5. The van der Waals surface area contributed by atoms with Crippen LogP contribution < -0.4 is 10.1 Å². The summed E-state index contributed by atoms with van der Waals surface area (Å²) in [5, 5.41) is 3.12. The summed E-state index contributed by atoms with van der Waals surface area (Å²) in [4.78, 5) is 12.0. The van der Waals surface area contributed by atoms with E-state index in [2.05, 4.69) is 20.3 Å². The number of hydrogen-bond acceptors (Lipinski definition) is 6. The van der Waals surface area contributed by atoms with Gasteiger partial charge in [0, 0.05) is 13.0 Å². The summed E-state index contributed by atoms with van der Waals surface area (Å²) < 4.78 is 26.2. The molecule has 1 fully saturated rings. The first-order valence-corrected chi connectivity index (χ1v) is 7.63. The molecule has 0 saturated carbocycles. The van der Waals surface area contributed by atoms with Gasteiger partial charge in [0.25, 0.3) is 0 Å². The molecule has 0 amide bonds. The van der Waals surface area contributed by atoms with Crippen LogP contribution in [0.4, 0.5) is 10.2 Å². The first-order chi connectivity index (χ1) is 11.7. The van der Waals surface area contributed by atoms with Crippen LogP contribution >= 0.6 is 0 Å². The molecule has 0 bridgehead atoms. The third-order valence-corrected chi connectivity index (χ3v) is 3.97. The predicted molar refractivity (Wildman–Crippen MR) is 85.2 cm³/mol. The van der Waals surface area contributed by atoms with E-state index >= 15 is 0 Å². The molecule has 24 heavy (non-hydrogen) atoms. The summed E-state index contributed by atoms with van der Waals surface area (Å²) in [5.74, 6) is 1.12. The fourth-order valence-electron chi connectivity index (χ4n) is 2.63. The Morgan fingerprint density at radius 1 is 1.42 bits per heavy atom. The van der Waals surface area contributed by atoms with Crippen LogP contribution in [0.1, 0.15) is 18.2 Å². The summed E-state index contributed by atoms with van der Waals surface area (Å²) in [6.45, 7) is 1.16. The average molecular weight is 329 g/mol. The van der Waals surface area contributed by atoms with Crippen molar-refractivity contribution in [1.29, 1.82) is 0 Å². The van der Waals surface area contributed by atoms with Crippen LogP contribution in [-0.4, -0.2) is 33.2 Å². The monoisotopic (exact) mass is 329 g/mol. The van der Waals surface area contributed by atoms with E-state index in [-0.39, 0.29) is 6.23 Å². The molecule has 7 nitrogen and oxygen atoms in total. The highest BCUT2D eigenvalue weighted by Gasteiger charge is 2.24. The third-order valence-electron chi connectivity index (χ3n) is 3.97. The molecule has 3 aromatic rings. The van der Waals surface area contributed by atoms with E-state index in [9.17, 15) is 4.39 Å². The molecule has 3 heterocycles. The molecule has 1 saturated heterocycles. The predicted octanol–water partition coefficient (Wildman–Crippen LogP) is 2.51. The molecule has 0 spiro atoms. The lowest BCUT2D eigenvalue weighted by Crippen LogP contribution is -2.24. The van der Waals surface area contributed by atoms with Gasteiger partial charge in [0.05, 0.1) is 20.0 Å². The Morgan fingerprint density at radius 2 is 2.29 bits per heavy atom. The van der Waals surface area contributed by atoms with Crippen molar-refractivity contribution < 1.29 is 13.9 Å². The second-order valence-electron chi connectivity index (χ2n) is 5.48. The lowest BCUT2D eigenvalue weighted by Gasteiger charge is -2.27. The van der Waals surface area contributed by atoms with Gasteiger partial charge in [0.15, 0.2) is 17.0 Å². The second kappa shape index (κ2) is 6.04. The van der Waals surface area contributed by atoms with Crippen LogP contribution in [0.2, 0.25) is 0 Å². The summed E-state index contributed by atoms with van der Waals surface area (Å²) in [5.41, 5.74) is 1.94. The number of anilines is 1. The fraction of sp³-hybridized carbons (Fsp3) is 0.312. The molecule has 1 aliphatic rings. The Bertz CT molecular complexity index is 878. The average Bonchev–Trinajstić information content (AvgIpc) is 2.95. The number of imidazole rings is 1. The minimum Gasteiger partial charge on any atom is -0.497 e. The van der Waals surface area contributed by atoms with Crippen LogP contribution in [0.25, 0.3) is 11.2 Å². The lowest BCUT2D eigenvalue weighted by molar-refractivity contribution is -0.0974. The highest BCUT2D eigenvalue weighted by molar-refractivity contribution is 5.82. The molecule has 1 atom stereocenters. The number of hydrogen-bond donors (Lipinski definition) is 1. The lowest BCUT2D eigenvalue weighted by atomic mass is 10.2. The maximum absolute atomic E-state index is 13.8. The highest BCUT2D eigenvalue weighted by atomic mass is 19.1. The second-order valence-corrected chi connectivity index (χ2v) is 5.48. The third kappa shape index (κ3) is 2.65. The summed E-state index contributed by atoms with van der Waals surface area (Å²) >= 11 is 0. The van der Waals surface area contributed by atoms with Crippen molar-refractivity contribution in [2.24, 2.45) is 0 Å². The highest BCUT2D eigenvalue weighted by Crippen LogP contribution is 2.28. The van der Waals surface area contributed by atoms with Gasteiger partial charge in [-0.2, -0.15) is 14.4 Å². The summed E-state index contributed by atoms with van der Waals surface area (Å²) in [6.07, 6.45) is 1.55. The van der Waals surface area contributed by atoms with Crippen LogP contribution in [-0.2, 0) is 11.3 Å². The zero-order valence-electron chi connectivity index (χ0n) is 13.1. The molecule has 124 valence electrons. The largest absolute Gasteiger partial charge is 0.497 e. The van der Waals surface area contributed by atoms with Crippen molar-refractivity contribution in [3.05, 3.63) is 42.2 Å². The van der Waals surface area contributed by atoms with Gasteiger partial charge in [0.1, 0.15) is 12.0 Å². The molecule has 0 aliphatic carbocycles. The van der Waals surface area contributed by atoms with Crippen LogP contribution in [0.15, 0.2) is 30.6 Å². The van der Waals surface area contributed by atoms with E-state index in [0.29, 0.717) is 30.1 Å². The van der Waals surface area contributed by atoms with Crippen LogP contribution in [0, 0.1) is 6.08 Å². The molecular weight excluding hydrogens is 313 g/mol. The van der Waals surface area contributed by atoms with Gasteiger partial charge in [-0.15, -0.1) is 0 Å². The molecular formula is C16H16FN5O2. The number of methoxy groups -OCH3 is 1. The van der Waals surface area contributed by atoms with E-state index in [1.807, 2.05) is 24.3 Å². The van der Waals surface area contributed by atoms with Gasteiger partial charge in [-0.3, -0.25) is 4.57 Å². The molecule has 1 unspecified atom stereocenters. The van der Waals surface area contributed by atoms with Crippen LogP contribution in [0.5, 0.6) is 5.75 Å². The fourth-order valence-corrected chi connectivity index (χ4v) is 2.63. The Balaban J connectivity index is 1.62. The Kier molecular flexibility index (Phi) is 3.73. The number of ether oxygens (including phenoxy) is 2. The van der Waals surface area contributed by atoms with Crippen molar-refractivity contribution in [3.63, 3.8) is 0 Å². The van der Waals surface area contributed by atoms with Gasteiger partial charge in [-0.1, -0.05) is 12.1 Å². The van der Waals surface area contributed by atoms with Gasteiger partial charge in [-0.25, -0.2) is 4.98 Å². The van der Waals surface area contributed by atoms with Gasteiger partial charge in [0.2, 0.25) is 0 Å². The van der Waals surface area contributed by atoms with E-state index in [1.54, 1.807) is 18.0 Å². The van der Waals surface area contributed by atoms with Gasteiger partial charge in [-0.05, 0) is 17.7 Å². The van der Waals surface area contributed by atoms with Gasteiger partial charge < -0.3 is 14.8 Å². The first-order valence-electron chi connectivity index (χ1n) is 7.63. The topological polar surface area (TPSA) is 74.1 Å². The summed E-state index contributed by atoms with van der Waals surface area (Å²) in [7, 11) is 1.62. The van der Waals surface area contributed by atoms with Crippen LogP contribution in [0.3, 0.4) is 0 Å². The van der Waals surface area contributed by atoms with E-state index in [1.165, 1.54) is 0 Å². The number of halogens is 1. The Hall–Kier alpha value is -2.74. The quantitative estimate of drug-likeness (QED) is 0.725. The Morgan fingerprint density at radius 3 is 3.04 bits per heavy atom. The number of nitrogens with zero attached hydrogens (tertiary/aromatic N) is 4. The number of aromatic nitrogens is 4. The molecule has 4 rings (SSSR count). The van der Waals surface area contributed by atoms with Crippen molar-refractivity contribution in [1.82, 2.24) is 19.5 Å². The minimum atomic E-state index is -0.795. The molecule has 1 aliphatic heterocycles. The van der Waals surface area contributed by atoms with Crippen molar-refractivity contribution in [2.45, 2.75) is 19.2 Å². The maximum atomic E-state index is 13.8.